The highest BCUT2D eigenvalue weighted by Gasteiger charge is 2.29. The molecule has 1 atom stereocenters. The maximum Gasteiger partial charge on any atom is 0.306 e. The van der Waals surface area contributed by atoms with E-state index in [1.807, 2.05) is 18.3 Å². The van der Waals surface area contributed by atoms with E-state index in [0.29, 0.717) is 19.4 Å². The molecule has 3 aromatic rings. The Morgan fingerprint density at radius 2 is 2.25 bits per heavy atom. The van der Waals surface area contributed by atoms with Crippen LogP contribution in [0.3, 0.4) is 0 Å². The molecule has 0 unspecified atom stereocenters. The topological polar surface area (TPSA) is 96.7 Å². The fourth-order valence-corrected chi connectivity index (χ4v) is 5.22. The van der Waals surface area contributed by atoms with Crippen LogP contribution in [0.4, 0.5) is 11.5 Å². The predicted molar refractivity (Wildman–Crippen MR) is 108 cm³/mol. The number of rotatable bonds is 4. The number of hydrogen-bond donors (Lipinski definition) is 2. The van der Waals surface area contributed by atoms with E-state index >= 15 is 0 Å². The third-order valence-corrected chi connectivity index (χ3v) is 6.56. The number of fused-ring (bicyclic) bond motifs is 4. The number of hydrogen-bond acceptors (Lipinski definition) is 7. The maximum absolute atomic E-state index is 11.4. The number of ether oxygens (including phenoxy) is 1. The minimum absolute atomic E-state index is 0.318. The Kier molecular flexibility index (Phi) is 4.01. The fourth-order valence-electron chi connectivity index (χ4n) is 3.95. The quantitative estimate of drug-likeness (QED) is 0.702. The molecule has 2 aliphatic rings. The molecule has 0 bridgehead atoms. The number of nitrogens with one attached hydrogen (secondary N) is 1. The Morgan fingerprint density at radius 3 is 3.07 bits per heavy atom. The summed E-state index contributed by atoms with van der Waals surface area (Å²) in [6.07, 6.45) is 5.34. The van der Waals surface area contributed by atoms with Gasteiger partial charge in [-0.1, -0.05) is 0 Å². The van der Waals surface area contributed by atoms with E-state index in [1.54, 1.807) is 24.8 Å². The van der Waals surface area contributed by atoms with E-state index in [2.05, 4.69) is 20.3 Å². The van der Waals surface area contributed by atoms with Gasteiger partial charge in [-0.2, -0.15) is 0 Å². The minimum atomic E-state index is -0.725. The summed E-state index contributed by atoms with van der Waals surface area (Å²) in [5.41, 5.74) is 4.21. The molecule has 5 rings (SSSR count). The van der Waals surface area contributed by atoms with Gasteiger partial charge in [-0.15, -0.1) is 11.3 Å². The first-order valence-electron chi connectivity index (χ1n) is 9.10. The molecule has 8 heteroatoms. The standard InChI is InChI=1S/C20H18N4O3S/c1-27-15-5-12-8-21-7-11(12)4-14(15)24-18-17-13-3-2-10(20(25)26)6-16(13)28-19(17)23-9-22-18/h4-5,7,9-10H,2-3,6,8H2,1H3,(H,25,26)(H,22,23,24)/t10-/m1/s1. The minimum Gasteiger partial charge on any atom is -0.495 e. The molecule has 0 radical (unpaired) electrons. The van der Waals surface area contributed by atoms with Gasteiger partial charge in [-0.3, -0.25) is 9.79 Å². The molecule has 0 saturated heterocycles. The number of benzene rings is 1. The smallest absolute Gasteiger partial charge is 0.306 e. The molecule has 1 aliphatic heterocycles. The zero-order chi connectivity index (χ0) is 19.3. The lowest BCUT2D eigenvalue weighted by molar-refractivity contribution is -0.142. The molecule has 0 saturated carbocycles. The van der Waals surface area contributed by atoms with E-state index in [9.17, 15) is 9.90 Å². The number of aliphatic carboxylic acids is 1. The van der Waals surface area contributed by atoms with Gasteiger partial charge in [-0.25, -0.2) is 9.97 Å². The van der Waals surface area contributed by atoms with Crippen molar-refractivity contribution in [2.24, 2.45) is 10.9 Å². The SMILES string of the molecule is COc1cc2c(cc1Nc1ncnc3sc4c(c13)CC[C@@H](C(=O)O)C4)C=NC2. The summed E-state index contributed by atoms with van der Waals surface area (Å²) in [6.45, 7) is 0.673. The van der Waals surface area contributed by atoms with Crippen molar-refractivity contribution >= 4 is 45.2 Å². The maximum atomic E-state index is 11.4. The molecule has 1 aliphatic carbocycles. The van der Waals surface area contributed by atoms with Crippen LogP contribution >= 0.6 is 11.3 Å². The van der Waals surface area contributed by atoms with Crippen LogP contribution in [-0.2, 0) is 24.2 Å². The van der Waals surface area contributed by atoms with Crippen LogP contribution in [0.2, 0.25) is 0 Å². The number of aryl methyl sites for hydroxylation is 1. The zero-order valence-corrected chi connectivity index (χ0v) is 16.0. The monoisotopic (exact) mass is 394 g/mol. The van der Waals surface area contributed by atoms with Crippen LogP contribution in [0, 0.1) is 5.92 Å². The number of methoxy groups -OCH3 is 1. The van der Waals surface area contributed by atoms with Crippen molar-refractivity contribution in [2.45, 2.75) is 25.8 Å². The number of anilines is 2. The van der Waals surface area contributed by atoms with E-state index in [1.165, 1.54) is 5.56 Å². The second-order valence-corrected chi connectivity index (χ2v) is 8.11. The molecule has 142 valence electrons. The first-order valence-corrected chi connectivity index (χ1v) is 9.91. The third kappa shape index (κ3) is 2.72. The summed E-state index contributed by atoms with van der Waals surface area (Å²) in [5.74, 6) is 0.425. The van der Waals surface area contributed by atoms with Gasteiger partial charge in [0.05, 0.1) is 30.6 Å². The number of aromatic nitrogens is 2. The van der Waals surface area contributed by atoms with Gasteiger partial charge in [0.15, 0.2) is 0 Å². The molecule has 2 aromatic heterocycles. The first kappa shape index (κ1) is 17.1. The van der Waals surface area contributed by atoms with Crippen LogP contribution in [0.25, 0.3) is 10.2 Å². The average molecular weight is 394 g/mol. The van der Waals surface area contributed by atoms with E-state index in [-0.39, 0.29) is 5.92 Å². The molecule has 0 fully saturated rings. The van der Waals surface area contributed by atoms with Crippen LogP contribution in [0.5, 0.6) is 5.75 Å². The highest BCUT2D eigenvalue weighted by atomic mass is 32.1. The van der Waals surface area contributed by atoms with Crippen molar-refractivity contribution in [3.63, 3.8) is 0 Å². The second-order valence-electron chi connectivity index (χ2n) is 7.03. The Morgan fingerprint density at radius 1 is 1.36 bits per heavy atom. The van der Waals surface area contributed by atoms with E-state index in [0.717, 1.165) is 49.9 Å². The van der Waals surface area contributed by atoms with Gasteiger partial charge in [-0.05, 0) is 48.1 Å². The van der Waals surface area contributed by atoms with Crippen molar-refractivity contribution in [3.05, 3.63) is 40.0 Å². The van der Waals surface area contributed by atoms with E-state index < -0.39 is 5.97 Å². The van der Waals surface area contributed by atoms with Gasteiger partial charge in [0.25, 0.3) is 0 Å². The lowest BCUT2D eigenvalue weighted by Gasteiger charge is -2.19. The van der Waals surface area contributed by atoms with Crippen LogP contribution in [0.1, 0.15) is 28.0 Å². The first-order chi connectivity index (χ1) is 13.6. The normalized spacial score (nSPS) is 17.4. The average Bonchev–Trinajstić information content (AvgIpc) is 3.30. The molecule has 1 aromatic carbocycles. The van der Waals surface area contributed by atoms with Gasteiger partial charge < -0.3 is 15.2 Å². The zero-order valence-electron chi connectivity index (χ0n) is 15.2. The van der Waals surface area contributed by atoms with Crippen molar-refractivity contribution < 1.29 is 14.6 Å². The van der Waals surface area contributed by atoms with Crippen LogP contribution in [0.15, 0.2) is 23.5 Å². The number of carbonyl (C=O) groups is 1. The largest absolute Gasteiger partial charge is 0.495 e. The second kappa shape index (κ2) is 6.56. The summed E-state index contributed by atoms with van der Waals surface area (Å²) in [4.78, 5) is 26.6. The van der Waals surface area contributed by atoms with Gasteiger partial charge in [0.2, 0.25) is 0 Å². The van der Waals surface area contributed by atoms with Crippen LogP contribution in [-0.4, -0.2) is 34.4 Å². The fraction of sp³-hybridized carbons (Fsp3) is 0.300. The van der Waals surface area contributed by atoms with Crippen LogP contribution < -0.4 is 10.1 Å². The van der Waals surface area contributed by atoms with Crippen molar-refractivity contribution in [2.75, 3.05) is 12.4 Å². The number of nitrogens with zero attached hydrogens (tertiary/aromatic N) is 3. The number of carboxylic acids is 1. The summed E-state index contributed by atoms with van der Waals surface area (Å²) >= 11 is 1.57. The number of carboxylic acid groups (broad SMARTS) is 1. The van der Waals surface area contributed by atoms with Crippen molar-refractivity contribution in [1.82, 2.24) is 9.97 Å². The number of thiophene rings is 1. The summed E-state index contributed by atoms with van der Waals surface area (Å²) in [6, 6.07) is 4.03. The summed E-state index contributed by atoms with van der Waals surface area (Å²) in [5, 5.41) is 13.8. The summed E-state index contributed by atoms with van der Waals surface area (Å²) in [7, 11) is 1.65. The molecule has 2 N–H and O–H groups in total. The van der Waals surface area contributed by atoms with Gasteiger partial charge in [0, 0.05) is 11.1 Å². The molecule has 28 heavy (non-hydrogen) atoms. The molecular weight excluding hydrogens is 376 g/mol. The Balaban J connectivity index is 1.58. The lowest BCUT2D eigenvalue weighted by atomic mass is 9.88. The Hall–Kier alpha value is -3.00. The third-order valence-electron chi connectivity index (χ3n) is 5.40. The van der Waals surface area contributed by atoms with Gasteiger partial charge >= 0.3 is 5.97 Å². The number of aliphatic imine (C=N–C) groups is 1. The molecule has 0 amide bonds. The lowest BCUT2D eigenvalue weighted by Crippen LogP contribution is -2.21. The Bertz CT molecular complexity index is 1140. The molecule has 7 nitrogen and oxygen atoms in total. The van der Waals surface area contributed by atoms with E-state index in [4.69, 9.17) is 4.74 Å². The van der Waals surface area contributed by atoms with Crippen molar-refractivity contribution in [1.29, 1.82) is 0 Å². The predicted octanol–water partition coefficient (Wildman–Crippen LogP) is 3.57. The molecular formula is C20H18N4O3S. The summed E-state index contributed by atoms with van der Waals surface area (Å²) < 4.78 is 5.57. The molecule has 0 spiro atoms. The highest BCUT2D eigenvalue weighted by molar-refractivity contribution is 7.19. The highest BCUT2D eigenvalue weighted by Crippen LogP contribution is 2.41. The van der Waals surface area contributed by atoms with Gasteiger partial charge in [0.1, 0.15) is 22.7 Å². The Labute approximate surface area is 165 Å². The van der Waals surface area contributed by atoms with Crippen molar-refractivity contribution in [3.8, 4) is 5.75 Å². The molecule has 3 heterocycles.